The van der Waals surface area contributed by atoms with E-state index in [-0.39, 0.29) is 16.9 Å². The highest BCUT2D eigenvalue weighted by atomic mass is 16.7. The summed E-state index contributed by atoms with van der Waals surface area (Å²) >= 11 is 0. The second kappa shape index (κ2) is 5.95. The lowest BCUT2D eigenvalue weighted by Crippen LogP contribution is -2.63. The Morgan fingerprint density at radius 3 is 2.33 bits per heavy atom. The van der Waals surface area contributed by atoms with E-state index < -0.39 is 5.79 Å². The summed E-state index contributed by atoms with van der Waals surface area (Å²) < 4.78 is 13.1. The first-order chi connectivity index (χ1) is 12.7. The first-order valence-corrected chi connectivity index (χ1v) is 11.7. The summed E-state index contributed by atoms with van der Waals surface area (Å²) in [5, 5.41) is 11.5. The maximum absolute atomic E-state index is 11.5. The third kappa shape index (κ3) is 2.50. The molecule has 1 heterocycles. The summed E-state index contributed by atoms with van der Waals surface area (Å²) in [6, 6.07) is 0. The van der Waals surface area contributed by atoms with Gasteiger partial charge in [0.25, 0.3) is 0 Å². The second-order valence-electron chi connectivity index (χ2n) is 12.0. The summed E-state index contributed by atoms with van der Waals surface area (Å²) in [7, 11) is 0. The fourth-order valence-electron chi connectivity index (χ4n) is 8.55. The van der Waals surface area contributed by atoms with Crippen LogP contribution in [-0.2, 0) is 9.47 Å². The molecule has 154 valence electrons. The van der Waals surface area contributed by atoms with E-state index in [1.807, 2.05) is 0 Å². The van der Waals surface area contributed by atoms with Crippen LogP contribution >= 0.6 is 0 Å². The Morgan fingerprint density at radius 2 is 1.59 bits per heavy atom. The zero-order chi connectivity index (χ0) is 19.1. The van der Waals surface area contributed by atoms with Gasteiger partial charge in [-0.25, -0.2) is 0 Å². The Kier molecular flexibility index (Phi) is 4.16. The number of rotatable bonds is 0. The summed E-state index contributed by atoms with van der Waals surface area (Å²) in [5.74, 6) is 2.17. The highest BCUT2D eigenvalue weighted by Gasteiger charge is 2.69. The van der Waals surface area contributed by atoms with E-state index in [4.69, 9.17) is 9.47 Å². The smallest absolute Gasteiger partial charge is 0.173 e. The van der Waals surface area contributed by atoms with E-state index >= 15 is 0 Å². The molecule has 0 bridgehead atoms. The molecular formula is C24H40O3. The summed E-state index contributed by atoms with van der Waals surface area (Å²) in [6.45, 7) is 10.9. The molecule has 0 amide bonds. The van der Waals surface area contributed by atoms with Crippen LogP contribution in [0.5, 0.6) is 0 Å². The monoisotopic (exact) mass is 376 g/mol. The Labute approximate surface area is 165 Å². The second-order valence-corrected chi connectivity index (χ2v) is 12.0. The minimum absolute atomic E-state index is 0.0397. The third-order valence-electron chi connectivity index (χ3n) is 9.95. The number of hydrogen-bond acceptors (Lipinski definition) is 3. The molecule has 7 atom stereocenters. The molecule has 1 aliphatic heterocycles. The van der Waals surface area contributed by atoms with Gasteiger partial charge in [0, 0.05) is 17.3 Å². The SMILES string of the molecule is CC1(C)COC2(CC[C@H]3[C@@H]4CC[C@H]5CCCC[C@]5(C)[C@H]4[C@@H](O)C[C@@]32C)OC1. The van der Waals surface area contributed by atoms with E-state index in [1.54, 1.807) is 0 Å². The molecule has 0 aromatic heterocycles. The van der Waals surface area contributed by atoms with Crippen LogP contribution in [0.2, 0.25) is 0 Å². The van der Waals surface area contributed by atoms with Gasteiger partial charge in [-0.3, -0.25) is 0 Å². The Hall–Kier alpha value is -0.120. The molecule has 1 N–H and O–H groups in total. The lowest BCUT2D eigenvalue weighted by Gasteiger charge is -2.63. The van der Waals surface area contributed by atoms with Crippen LogP contribution in [0.3, 0.4) is 0 Å². The lowest BCUT2D eigenvalue weighted by molar-refractivity contribution is -0.353. The minimum Gasteiger partial charge on any atom is -0.393 e. The maximum atomic E-state index is 11.5. The highest BCUT2D eigenvalue weighted by Crippen LogP contribution is 2.69. The van der Waals surface area contributed by atoms with Gasteiger partial charge in [-0.15, -0.1) is 0 Å². The summed E-state index contributed by atoms with van der Waals surface area (Å²) in [6.07, 6.45) is 11.0. The Balaban J connectivity index is 1.46. The molecule has 3 heteroatoms. The molecule has 0 aromatic carbocycles. The van der Waals surface area contributed by atoms with Crippen molar-refractivity contribution in [2.24, 2.45) is 39.9 Å². The van der Waals surface area contributed by atoms with Gasteiger partial charge in [-0.2, -0.15) is 0 Å². The van der Waals surface area contributed by atoms with Crippen molar-refractivity contribution in [1.29, 1.82) is 0 Å². The molecule has 0 aromatic rings. The van der Waals surface area contributed by atoms with Crippen LogP contribution in [0.4, 0.5) is 0 Å². The van der Waals surface area contributed by atoms with Crippen molar-refractivity contribution in [2.75, 3.05) is 13.2 Å². The Bertz CT molecular complexity index is 590. The molecule has 1 spiro atoms. The summed E-state index contributed by atoms with van der Waals surface area (Å²) in [5.41, 5.74) is 0.416. The van der Waals surface area contributed by atoms with Crippen LogP contribution in [0.25, 0.3) is 0 Å². The van der Waals surface area contributed by atoms with Crippen molar-refractivity contribution in [1.82, 2.24) is 0 Å². The van der Waals surface area contributed by atoms with Crippen molar-refractivity contribution in [3.8, 4) is 0 Å². The van der Waals surface area contributed by atoms with E-state index in [0.717, 1.165) is 32.0 Å². The molecule has 27 heavy (non-hydrogen) atoms. The number of aliphatic hydroxyl groups is 1. The van der Waals surface area contributed by atoms with Gasteiger partial charge in [0.1, 0.15) is 0 Å². The quantitative estimate of drug-likeness (QED) is 0.635. The molecular weight excluding hydrogens is 336 g/mol. The Morgan fingerprint density at radius 1 is 0.852 bits per heavy atom. The normalized spacial score (nSPS) is 53.4. The zero-order valence-corrected chi connectivity index (χ0v) is 17.9. The van der Waals surface area contributed by atoms with Gasteiger partial charge < -0.3 is 14.6 Å². The molecule has 5 aliphatic rings. The predicted molar refractivity (Wildman–Crippen MR) is 106 cm³/mol. The molecule has 4 saturated carbocycles. The lowest BCUT2D eigenvalue weighted by atomic mass is 9.44. The number of ether oxygens (including phenoxy) is 2. The van der Waals surface area contributed by atoms with E-state index in [2.05, 4.69) is 27.7 Å². The number of fused-ring (bicyclic) bond motifs is 6. The van der Waals surface area contributed by atoms with Crippen molar-refractivity contribution < 1.29 is 14.6 Å². The fourth-order valence-corrected chi connectivity index (χ4v) is 8.55. The first kappa shape index (κ1) is 18.9. The fraction of sp³-hybridized carbons (Fsp3) is 1.00. The van der Waals surface area contributed by atoms with Gasteiger partial charge >= 0.3 is 0 Å². The topological polar surface area (TPSA) is 38.7 Å². The van der Waals surface area contributed by atoms with Gasteiger partial charge in [0.2, 0.25) is 0 Å². The van der Waals surface area contributed by atoms with Crippen LogP contribution in [-0.4, -0.2) is 30.2 Å². The van der Waals surface area contributed by atoms with Gasteiger partial charge in [-0.05, 0) is 67.6 Å². The standard InChI is InChI=1S/C24H40O3/c1-21(2)14-26-24(27-15-21)12-10-18-17-9-8-16-7-5-6-11-22(16,3)20(17)19(25)13-23(18,24)4/h16-20,25H,5-15H2,1-4H3/t16-,17+,18+,19+,20-,22+,23+/m1/s1. The van der Waals surface area contributed by atoms with Crippen LogP contribution in [0, 0.1) is 39.9 Å². The zero-order valence-electron chi connectivity index (χ0n) is 17.9. The number of hydrogen-bond donors (Lipinski definition) is 1. The third-order valence-corrected chi connectivity index (χ3v) is 9.95. The van der Waals surface area contributed by atoms with E-state index in [0.29, 0.717) is 23.2 Å². The minimum atomic E-state index is -0.455. The molecule has 3 nitrogen and oxygen atoms in total. The largest absolute Gasteiger partial charge is 0.393 e. The van der Waals surface area contributed by atoms with Gasteiger partial charge in [0.15, 0.2) is 5.79 Å². The van der Waals surface area contributed by atoms with Crippen LogP contribution in [0.15, 0.2) is 0 Å². The molecule has 0 unspecified atom stereocenters. The van der Waals surface area contributed by atoms with Gasteiger partial charge in [-0.1, -0.05) is 40.5 Å². The van der Waals surface area contributed by atoms with Crippen molar-refractivity contribution in [2.45, 2.75) is 97.4 Å². The average molecular weight is 377 g/mol. The van der Waals surface area contributed by atoms with Crippen molar-refractivity contribution in [3.63, 3.8) is 0 Å². The molecule has 1 saturated heterocycles. The molecule has 5 rings (SSSR count). The predicted octanol–water partition coefficient (Wildman–Crippen LogP) is 5.16. The van der Waals surface area contributed by atoms with Crippen molar-refractivity contribution in [3.05, 3.63) is 0 Å². The maximum Gasteiger partial charge on any atom is 0.173 e. The summed E-state index contributed by atoms with van der Waals surface area (Å²) in [4.78, 5) is 0. The van der Waals surface area contributed by atoms with Crippen molar-refractivity contribution >= 4 is 0 Å². The average Bonchev–Trinajstić information content (AvgIpc) is 2.89. The van der Waals surface area contributed by atoms with Gasteiger partial charge in [0.05, 0.1) is 19.3 Å². The van der Waals surface area contributed by atoms with E-state index in [9.17, 15) is 5.11 Å². The molecule has 5 fully saturated rings. The molecule has 4 aliphatic carbocycles. The van der Waals surface area contributed by atoms with Crippen LogP contribution < -0.4 is 0 Å². The van der Waals surface area contributed by atoms with Crippen LogP contribution in [0.1, 0.15) is 85.5 Å². The first-order valence-electron chi connectivity index (χ1n) is 11.7. The highest BCUT2D eigenvalue weighted by molar-refractivity contribution is 5.14. The molecule has 0 radical (unpaired) electrons. The number of aliphatic hydroxyl groups excluding tert-OH is 1. The van der Waals surface area contributed by atoms with E-state index in [1.165, 1.54) is 44.9 Å².